The van der Waals surface area contributed by atoms with E-state index in [0.717, 1.165) is 58.6 Å². The van der Waals surface area contributed by atoms with E-state index in [9.17, 15) is 9.90 Å². The normalized spacial score (nSPS) is 14.4. The van der Waals surface area contributed by atoms with Gasteiger partial charge in [-0.25, -0.2) is 9.97 Å². The van der Waals surface area contributed by atoms with Crippen LogP contribution < -0.4 is 29.7 Å². The Kier molecular flexibility index (Phi) is 8.39. The molecule has 5 aromatic rings. The molecular formula is C33H35N7O5. The molecule has 1 atom stereocenters. The van der Waals surface area contributed by atoms with Crippen LogP contribution in [0.2, 0.25) is 0 Å². The van der Waals surface area contributed by atoms with Crippen molar-refractivity contribution in [2.45, 2.75) is 25.8 Å². The number of nitrogens with one attached hydrogen (secondary N) is 2. The number of imidazole rings is 1. The molecule has 0 radical (unpaired) electrons. The molecule has 0 bridgehead atoms. The van der Waals surface area contributed by atoms with Crippen LogP contribution in [-0.2, 0) is 4.79 Å². The van der Waals surface area contributed by atoms with Crippen LogP contribution in [-0.4, -0.2) is 71.1 Å². The number of methoxy groups -OCH3 is 3. The maximum atomic E-state index is 11.6. The lowest BCUT2D eigenvalue weighted by Crippen LogP contribution is -2.33. The number of amides is 1. The van der Waals surface area contributed by atoms with Gasteiger partial charge in [0.2, 0.25) is 17.6 Å². The highest BCUT2D eigenvalue weighted by Crippen LogP contribution is 2.39. The van der Waals surface area contributed by atoms with E-state index in [1.54, 1.807) is 27.7 Å². The van der Waals surface area contributed by atoms with Gasteiger partial charge < -0.3 is 39.4 Å². The minimum Gasteiger partial charge on any atom is -0.493 e. The number of ether oxygens (including phenoxy) is 3. The number of aromatic nitrogens is 4. The summed E-state index contributed by atoms with van der Waals surface area (Å²) in [6, 6.07) is 17.4. The Morgan fingerprint density at radius 3 is 2.49 bits per heavy atom. The first-order chi connectivity index (χ1) is 21.9. The minimum absolute atomic E-state index is 0.0239. The fraction of sp³-hybridized carbons (Fsp3) is 0.273. The van der Waals surface area contributed by atoms with Crippen molar-refractivity contribution in [3.05, 3.63) is 67.1 Å². The lowest BCUT2D eigenvalue weighted by atomic mass is 10.0. The number of aliphatic hydroxyl groups is 1. The van der Waals surface area contributed by atoms with E-state index in [1.165, 1.54) is 6.92 Å². The molecular weight excluding hydrogens is 574 g/mol. The number of carbonyl (C=O) groups excluding carboxylic acids is 1. The standard InChI is InChI=1S/C33H35N7O5/c1-20(42)35-23-8-5-7-21(13-23)22-10-11-26-27(14-22)36-33(38-32(26)40-12-6-9-24(40)18-41)37-30-17-39(19-34-30)25-15-28(43-2)31(45-4)29(16-25)44-3/h5,7-8,10-11,13-17,19,24,41H,6,9,12,18H2,1-4H3,(H,35,42)(H,36,37,38). The molecule has 45 heavy (non-hydrogen) atoms. The number of rotatable bonds is 10. The number of hydrogen-bond donors (Lipinski definition) is 3. The quantitative estimate of drug-likeness (QED) is 0.195. The first kappa shape index (κ1) is 29.7. The average Bonchev–Trinajstić information content (AvgIpc) is 3.73. The Bertz CT molecular complexity index is 1830. The molecule has 0 aliphatic carbocycles. The van der Waals surface area contributed by atoms with Gasteiger partial charge in [-0.2, -0.15) is 4.98 Å². The van der Waals surface area contributed by atoms with Crippen LogP contribution in [0.25, 0.3) is 27.7 Å². The van der Waals surface area contributed by atoms with Crippen molar-refractivity contribution in [2.24, 2.45) is 0 Å². The van der Waals surface area contributed by atoms with E-state index in [0.29, 0.717) is 29.0 Å². The van der Waals surface area contributed by atoms with Gasteiger partial charge in [-0.15, -0.1) is 0 Å². The van der Waals surface area contributed by atoms with Gasteiger partial charge in [0.15, 0.2) is 17.3 Å². The Morgan fingerprint density at radius 2 is 1.78 bits per heavy atom. The second-order valence-corrected chi connectivity index (χ2v) is 10.7. The highest BCUT2D eigenvalue weighted by Gasteiger charge is 2.27. The first-order valence-electron chi connectivity index (χ1n) is 14.6. The topological polar surface area (TPSA) is 136 Å². The van der Waals surface area contributed by atoms with Crippen LogP contribution in [0.1, 0.15) is 19.8 Å². The molecule has 12 nitrogen and oxygen atoms in total. The van der Waals surface area contributed by atoms with Crippen LogP contribution in [0.5, 0.6) is 17.2 Å². The van der Waals surface area contributed by atoms with Crippen LogP contribution in [0.15, 0.2) is 67.1 Å². The summed E-state index contributed by atoms with van der Waals surface area (Å²) >= 11 is 0. The molecule has 232 valence electrons. The molecule has 6 rings (SSSR count). The van der Waals surface area contributed by atoms with E-state index in [-0.39, 0.29) is 18.6 Å². The fourth-order valence-electron chi connectivity index (χ4n) is 5.71. The predicted octanol–water partition coefficient (Wildman–Crippen LogP) is 5.17. The van der Waals surface area contributed by atoms with E-state index >= 15 is 0 Å². The number of anilines is 4. The van der Waals surface area contributed by atoms with E-state index < -0.39 is 0 Å². The van der Waals surface area contributed by atoms with Crippen LogP contribution in [0, 0.1) is 0 Å². The highest BCUT2D eigenvalue weighted by atomic mass is 16.5. The van der Waals surface area contributed by atoms with Gasteiger partial charge in [0.1, 0.15) is 12.1 Å². The summed E-state index contributed by atoms with van der Waals surface area (Å²) in [5.41, 5.74) is 4.10. The van der Waals surface area contributed by atoms with Gasteiger partial charge in [-0.1, -0.05) is 18.2 Å². The summed E-state index contributed by atoms with van der Waals surface area (Å²) in [5.74, 6) is 3.09. The monoisotopic (exact) mass is 609 g/mol. The van der Waals surface area contributed by atoms with Gasteiger partial charge >= 0.3 is 0 Å². The molecule has 3 heterocycles. The van der Waals surface area contributed by atoms with Gasteiger partial charge in [-0.05, 0) is 48.2 Å². The third-order valence-electron chi connectivity index (χ3n) is 7.82. The van der Waals surface area contributed by atoms with Crippen molar-refractivity contribution < 1.29 is 24.1 Å². The number of aliphatic hydroxyl groups excluding tert-OH is 1. The smallest absolute Gasteiger partial charge is 0.230 e. The van der Waals surface area contributed by atoms with Crippen LogP contribution in [0.4, 0.5) is 23.3 Å². The van der Waals surface area contributed by atoms with Crippen molar-refractivity contribution >= 4 is 40.1 Å². The average molecular weight is 610 g/mol. The maximum Gasteiger partial charge on any atom is 0.230 e. The summed E-state index contributed by atoms with van der Waals surface area (Å²) in [6.45, 7) is 2.32. The molecule has 3 aromatic carbocycles. The maximum absolute atomic E-state index is 11.6. The van der Waals surface area contributed by atoms with Gasteiger partial charge in [0.05, 0.1) is 51.4 Å². The summed E-state index contributed by atoms with van der Waals surface area (Å²) in [7, 11) is 4.71. The number of benzene rings is 3. The SMILES string of the molecule is COc1cc(-n2cnc(Nc3nc(N4CCCC4CO)c4ccc(-c5cccc(NC(C)=O)c5)cc4n3)c2)cc(OC)c1OC. The van der Waals surface area contributed by atoms with Gasteiger partial charge in [0.25, 0.3) is 0 Å². The van der Waals surface area contributed by atoms with Crippen molar-refractivity contribution in [2.75, 3.05) is 50.0 Å². The minimum atomic E-state index is -0.129. The lowest BCUT2D eigenvalue weighted by molar-refractivity contribution is -0.114. The molecule has 1 fully saturated rings. The Labute approximate surface area is 260 Å². The molecule has 1 aliphatic rings. The molecule has 0 saturated carbocycles. The van der Waals surface area contributed by atoms with Crippen molar-refractivity contribution in [1.82, 2.24) is 19.5 Å². The molecule has 12 heteroatoms. The third-order valence-corrected chi connectivity index (χ3v) is 7.82. The first-order valence-corrected chi connectivity index (χ1v) is 14.6. The zero-order valence-corrected chi connectivity index (χ0v) is 25.6. The van der Waals surface area contributed by atoms with E-state index in [4.69, 9.17) is 24.2 Å². The summed E-state index contributed by atoms with van der Waals surface area (Å²) < 4.78 is 18.3. The van der Waals surface area contributed by atoms with Gasteiger partial charge in [0, 0.05) is 36.7 Å². The second kappa shape index (κ2) is 12.7. The molecule has 3 N–H and O–H groups in total. The lowest BCUT2D eigenvalue weighted by Gasteiger charge is -2.26. The highest BCUT2D eigenvalue weighted by molar-refractivity contribution is 5.94. The van der Waals surface area contributed by atoms with Crippen molar-refractivity contribution in [3.8, 4) is 34.1 Å². The Morgan fingerprint density at radius 1 is 1.00 bits per heavy atom. The molecule has 0 spiro atoms. The number of carbonyl (C=O) groups is 1. The van der Waals surface area contributed by atoms with E-state index in [2.05, 4.69) is 20.5 Å². The largest absolute Gasteiger partial charge is 0.493 e. The van der Waals surface area contributed by atoms with Crippen molar-refractivity contribution in [3.63, 3.8) is 0 Å². The molecule has 2 aromatic heterocycles. The summed E-state index contributed by atoms with van der Waals surface area (Å²) in [4.78, 5) is 28.1. The second-order valence-electron chi connectivity index (χ2n) is 10.7. The Hall–Kier alpha value is -5.36. The van der Waals surface area contributed by atoms with Crippen LogP contribution in [0.3, 0.4) is 0 Å². The zero-order chi connectivity index (χ0) is 31.5. The molecule has 1 amide bonds. The number of fused-ring (bicyclic) bond motifs is 1. The van der Waals surface area contributed by atoms with Gasteiger partial charge in [-0.3, -0.25) is 4.79 Å². The van der Waals surface area contributed by atoms with Crippen LogP contribution >= 0.6 is 0 Å². The summed E-state index contributed by atoms with van der Waals surface area (Å²) in [6.07, 6.45) is 5.35. The molecule has 1 saturated heterocycles. The van der Waals surface area contributed by atoms with E-state index in [1.807, 2.05) is 65.4 Å². The summed E-state index contributed by atoms with van der Waals surface area (Å²) in [5, 5.41) is 17.1. The zero-order valence-electron chi connectivity index (χ0n) is 25.6. The number of hydrogen-bond acceptors (Lipinski definition) is 10. The number of nitrogens with zero attached hydrogens (tertiary/aromatic N) is 5. The predicted molar refractivity (Wildman–Crippen MR) is 173 cm³/mol. The Balaban J connectivity index is 1.38. The van der Waals surface area contributed by atoms with Crippen molar-refractivity contribution in [1.29, 1.82) is 0 Å². The fourth-order valence-corrected chi connectivity index (χ4v) is 5.71. The molecule has 1 unspecified atom stereocenters. The third kappa shape index (κ3) is 6.04. The molecule has 1 aliphatic heterocycles.